The second kappa shape index (κ2) is 5.82. The fourth-order valence-electron chi connectivity index (χ4n) is 1.64. The van der Waals surface area contributed by atoms with Crippen molar-refractivity contribution in [3.05, 3.63) is 29.6 Å². The molecule has 0 radical (unpaired) electrons. The van der Waals surface area contributed by atoms with Gasteiger partial charge in [-0.25, -0.2) is 4.39 Å². The Kier molecular flexibility index (Phi) is 4.71. The van der Waals surface area contributed by atoms with Gasteiger partial charge in [0.2, 0.25) is 0 Å². The molecule has 16 heavy (non-hydrogen) atoms. The summed E-state index contributed by atoms with van der Waals surface area (Å²) in [6, 6.07) is 5.03. The molecule has 0 aromatic heterocycles. The first-order valence-electron chi connectivity index (χ1n) is 5.38. The normalized spacial score (nSPS) is 12.9. The minimum absolute atomic E-state index is 0.0326. The Balaban J connectivity index is 2.95. The lowest BCUT2D eigenvalue weighted by Gasteiger charge is -2.23. The summed E-state index contributed by atoms with van der Waals surface area (Å²) in [5.74, 6) is -0.0413. The van der Waals surface area contributed by atoms with Gasteiger partial charge in [-0.2, -0.15) is 0 Å². The van der Waals surface area contributed by atoms with Crippen LogP contribution < -0.4 is 10.5 Å². The molecule has 1 aromatic rings. The van der Waals surface area contributed by atoms with E-state index in [1.54, 1.807) is 6.07 Å². The number of halogens is 1. The van der Waals surface area contributed by atoms with Crippen LogP contribution in [0.4, 0.5) is 4.39 Å². The zero-order valence-electron chi connectivity index (χ0n) is 10.0. The highest BCUT2D eigenvalue weighted by atomic mass is 19.1. The third-order valence-electron chi connectivity index (χ3n) is 2.49. The molecule has 1 unspecified atom stereocenters. The van der Waals surface area contributed by atoms with Gasteiger partial charge in [0.25, 0.3) is 0 Å². The molecule has 0 aliphatic heterocycles. The number of hydrogen-bond acceptors (Lipinski definition) is 3. The Morgan fingerprint density at radius 2 is 2.12 bits per heavy atom. The Labute approximate surface area is 96.0 Å². The monoisotopic (exact) mass is 226 g/mol. The molecule has 0 aliphatic rings. The Morgan fingerprint density at radius 3 is 2.56 bits per heavy atom. The average Bonchev–Trinajstić information content (AvgIpc) is 2.22. The summed E-state index contributed by atoms with van der Waals surface area (Å²) < 4.78 is 18.8. The van der Waals surface area contributed by atoms with Crippen molar-refractivity contribution in [2.24, 2.45) is 5.73 Å². The van der Waals surface area contributed by atoms with Gasteiger partial charge in [-0.05, 0) is 38.7 Å². The SMILES string of the molecule is CCOc1ccc(C(CN)N(C)C)cc1F. The number of ether oxygens (including phenoxy) is 1. The summed E-state index contributed by atoms with van der Waals surface area (Å²) in [7, 11) is 3.85. The maximum Gasteiger partial charge on any atom is 0.165 e. The summed E-state index contributed by atoms with van der Waals surface area (Å²) in [5, 5.41) is 0. The van der Waals surface area contributed by atoms with Crippen LogP contribution >= 0.6 is 0 Å². The van der Waals surface area contributed by atoms with Crippen LogP contribution in [0.15, 0.2) is 18.2 Å². The van der Waals surface area contributed by atoms with Crippen LogP contribution in [0.2, 0.25) is 0 Å². The van der Waals surface area contributed by atoms with Gasteiger partial charge in [-0.15, -0.1) is 0 Å². The van der Waals surface area contributed by atoms with Crippen molar-refractivity contribution in [3.63, 3.8) is 0 Å². The van der Waals surface area contributed by atoms with E-state index in [-0.39, 0.29) is 11.9 Å². The van der Waals surface area contributed by atoms with E-state index in [1.807, 2.05) is 32.0 Å². The van der Waals surface area contributed by atoms with Gasteiger partial charge in [0, 0.05) is 12.6 Å². The topological polar surface area (TPSA) is 38.5 Å². The molecular formula is C12H19FN2O. The van der Waals surface area contributed by atoms with Crippen molar-refractivity contribution in [1.29, 1.82) is 0 Å². The van der Waals surface area contributed by atoms with Crippen LogP contribution in [0.25, 0.3) is 0 Å². The van der Waals surface area contributed by atoms with Gasteiger partial charge < -0.3 is 15.4 Å². The molecule has 0 amide bonds. The van der Waals surface area contributed by atoms with Gasteiger partial charge in [-0.1, -0.05) is 6.07 Å². The molecule has 1 aromatic carbocycles. The van der Waals surface area contributed by atoms with Crippen LogP contribution in [0.1, 0.15) is 18.5 Å². The average molecular weight is 226 g/mol. The fourth-order valence-corrected chi connectivity index (χ4v) is 1.64. The molecule has 1 rings (SSSR count). The first-order valence-corrected chi connectivity index (χ1v) is 5.38. The molecule has 2 N–H and O–H groups in total. The van der Waals surface area contributed by atoms with Crippen molar-refractivity contribution in [2.75, 3.05) is 27.2 Å². The standard InChI is InChI=1S/C12H19FN2O/c1-4-16-12-6-5-9(7-10(12)13)11(8-14)15(2)3/h5-7,11H,4,8,14H2,1-3H3. The molecule has 0 saturated carbocycles. The first-order chi connectivity index (χ1) is 7.60. The number of nitrogens with zero attached hydrogens (tertiary/aromatic N) is 1. The van der Waals surface area contributed by atoms with E-state index < -0.39 is 0 Å². The van der Waals surface area contributed by atoms with Gasteiger partial charge >= 0.3 is 0 Å². The second-order valence-electron chi connectivity index (χ2n) is 3.84. The van der Waals surface area contributed by atoms with Gasteiger partial charge in [-0.3, -0.25) is 0 Å². The summed E-state index contributed by atoms with van der Waals surface area (Å²) in [6.45, 7) is 2.75. The van der Waals surface area contributed by atoms with Crippen LogP contribution in [0, 0.1) is 5.82 Å². The molecule has 3 nitrogen and oxygen atoms in total. The lowest BCUT2D eigenvalue weighted by atomic mass is 10.1. The maximum atomic E-state index is 13.6. The zero-order valence-corrected chi connectivity index (χ0v) is 10.0. The lowest BCUT2D eigenvalue weighted by Crippen LogP contribution is -2.27. The summed E-state index contributed by atoms with van der Waals surface area (Å²) in [5.41, 5.74) is 6.53. The van der Waals surface area contributed by atoms with Crippen LogP contribution in [0.3, 0.4) is 0 Å². The summed E-state index contributed by atoms with van der Waals surface area (Å²) in [6.07, 6.45) is 0. The van der Waals surface area contributed by atoms with Crippen molar-refractivity contribution in [3.8, 4) is 5.75 Å². The molecule has 90 valence electrons. The highest BCUT2D eigenvalue weighted by Gasteiger charge is 2.14. The minimum Gasteiger partial charge on any atom is -0.491 e. The molecule has 0 aliphatic carbocycles. The first kappa shape index (κ1) is 12.9. The smallest absolute Gasteiger partial charge is 0.165 e. The van der Waals surface area contributed by atoms with Crippen molar-refractivity contribution < 1.29 is 9.13 Å². The van der Waals surface area contributed by atoms with E-state index in [1.165, 1.54) is 6.07 Å². The predicted molar refractivity (Wildman–Crippen MR) is 63.1 cm³/mol. The van der Waals surface area contributed by atoms with E-state index in [0.29, 0.717) is 18.9 Å². The summed E-state index contributed by atoms with van der Waals surface area (Å²) in [4.78, 5) is 1.97. The number of nitrogens with two attached hydrogens (primary N) is 1. The number of hydrogen-bond donors (Lipinski definition) is 1. The molecule has 0 saturated heterocycles. The highest BCUT2D eigenvalue weighted by molar-refractivity contribution is 5.31. The van der Waals surface area contributed by atoms with E-state index in [4.69, 9.17) is 10.5 Å². The highest BCUT2D eigenvalue weighted by Crippen LogP contribution is 2.23. The van der Waals surface area contributed by atoms with Gasteiger partial charge in [0.1, 0.15) is 0 Å². The molecule has 0 spiro atoms. The van der Waals surface area contributed by atoms with E-state index >= 15 is 0 Å². The third kappa shape index (κ3) is 2.93. The molecule has 1 atom stereocenters. The Hall–Kier alpha value is -1.13. The van der Waals surface area contributed by atoms with E-state index in [0.717, 1.165) is 5.56 Å². The Morgan fingerprint density at radius 1 is 1.44 bits per heavy atom. The molecule has 0 fully saturated rings. The maximum absolute atomic E-state index is 13.6. The largest absolute Gasteiger partial charge is 0.491 e. The number of benzene rings is 1. The fraction of sp³-hybridized carbons (Fsp3) is 0.500. The quantitative estimate of drug-likeness (QED) is 0.831. The second-order valence-corrected chi connectivity index (χ2v) is 3.84. The van der Waals surface area contributed by atoms with E-state index in [2.05, 4.69) is 0 Å². The van der Waals surface area contributed by atoms with Crippen LogP contribution in [0.5, 0.6) is 5.75 Å². The van der Waals surface area contributed by atoms with Crippen molar-refractivity contribution >= 4 is 0 Å². The van der Waals surface area contributed by atoms with Crippen molar-refractivity contribution in [2.45, 2.75) is 13.0 Å². The number of likely N-dealkylation sites (N-methyl/N-ethyl adjacent to an activating group) is 1. The third-order valence-corrected chi connectivity index (χ3v) is 2.49. The summed E-state index contributed by atoms with van der Waals surface area (Å²) >= 11 is 0. The molecule has 0 heterocycles. The lowest BCUT2D eigenvalue weighted by molar-refractivity contribution is 0.301. The molecule has 4 heteroatoms. The minimum atomic E-state index is -0.334. The van der Waals surface area contributed by atoms with Gasteiger partial charge in [0.15, 0.2) is 11.6 Å². The number of rotatable bonds is 5. The molecule has 0 bridgehead atoms. The van der Waals surface area contributed by atoms with Crippen LogP contribution in [-0.4, -0.2) is 32.1 Å². The van der Waals surface area contributed by atoms with Gasteiger partial charge in [0.05, 0.1) is 6.61 Å². The van der Waals surface area contributed by atoms with Crippen LogP contribution in [-0.2, 0) is 0 Å². The van der Waals surface area contributed by atoms with E-state index in [9.17, 15) is 4.39 Å². The van der Waals surface area contributed by atoms with Crippen molar-refractivity contribution in [1.82, 2.24) is 4.90 Å². The zero-order chi connectivity index (χ0) is 12.1. The predicted octanol–water partition coefficient (Wildman–Crippen LogP) is 1.79. The molecular weight excluding hydrogens is 207 g/mol. The Bertz CT molecular complexity index is 342.